The van der Waals surface area contributed by atoms with E-state index in [0.717, 1.165) is 21.5 Å². The average molecular weight is 396 g/mol. The smallest absolute Gasteiger partial charge is 0.324 e. The summed E-state index contributed by atoms with van der Waals surface area (Å²) in [6, 6.07) is 5.54. The van der Waals surface area contributed by atoms with Gasteiger partial charge < -0.3 is 19.6 Å². The van der Waals surface area contributed by atoms with Gasteiger partial charge in [0.2, 0.25) is 0 Å². The van der Waals surface area contributed by atoms with E-state index in [2.05, 4.69) is 9.97 Å². The lowest BCUT2D eigenvalue weighted by molar-refractivity contribution is 0.370. The van der Waals surface area contributed by atoms with E-state index in [1.54, 1.807) is 18.6 Å². The van der Waals surface area contributed by atoms with Crippen molar-refractivity contribution >= 4 is 36.7 Å². The monoisotopic (exact) mass is 396 g/mol. The Morgan fingerprint density at radius 2 is 1.50 bits per heavy atom. The van der Waals surface area contributed by atoms with Gasteiger partial charge in [-0.3, -0.25) is 19.1 Å². The van der Waals surface area contributed by atoms with Gasteiger partial charge in [0.15, 0.2) is 0 Å². The Morgan fingerprint density at radius 1 is 0.846 bits per heavy atom. The van der Waals surface area contributed by atoms with Crippen LogP contribution in [0.1, 0.15) is 11.3 Å². The minimum Gasteiger partial charge on any atom is -0.324 e. The van der Waals surface area contributed by atoms with E-state index in [1.807, 2.05) is 18.2 Å². The van der Waals surface area contributed by atoms with Crippen molar-refractivity contribution in [3.05, 3.63) is 48.0 Å². The summed E-state index contributed by atoms with van der Waals surface area (Å²) in [5.41, 5.74) is 1.05. The molecule has 0 aliphatic rings. The maximum atomic E-state index is 11.4. The van der Waals surface area contributed by atoms with Crippen molar-refractivity contribution < 1.29 is 28.7 Å². The third-order valence-electron chi connectivity index (χ3n) is 4.15. The van der Waals surface area contributed by atoms with Gasteiger partial charge in [0.1, 0.15) is 0 Å². The molecule has 26 heavy (non-hydrogen) atoms. The van der Waals surface area contributed by atoms with Crippen molar-refractivity contribution in [1.29, 1.82) is 0 Å². The zero-order chi connectivity index (χ0) is 18.9. The number of fused-ring (bicyclic) bond motifs is 3. The largest absolute Gasteiger partial charge is 0.325 e. The standard InChI is InChI=1S/C16H18N2O6P2/c19-25(20,21)7-4-14-15(5-8-26(22,23)24)18-10-12-2-1-11-9-17-6-3-13(11)16(12)14/h1-3,6,9-10H,4-5,7-8H2,(H2,19,20,21)(H2,22,23,24). The second-order valence-corrected chi connectivity index (χ2v) is 9.64. The van der Waals surface area contributed by atoms with E-state index < -0.39 is 15.2 Å². The quantitative estimate of drug-likeness (QED) is 0.367. The number of nitrogens with zero attached hydrogens (tertiary/aromatic N) is 2. The van der Waals surface area contributed by atoms with Gasteiger partial charge in [-0.25, -0.2) is 0 Å². The first kappa shape index (κ1) is 19.1. The molecular weight excluding hydrogens is 378 g/mol. The van der Waals surface area contributed by atoms with E-state index in [9.17, 15) is 18.9 Å². The predicted octanol–water partition coefficient (Wildman–Crippen LogP) is 2.22. The molecule has 10 heteroatoms. The molecule has 0 aliphatic carbocycles. The molecule has 0 saturated carbocycles. The molecule has 0 radical (unpaired) electrons. The van der Waals surface area contributed by atoms with Gasteiger partial charge in [-0.15, -0.1) is 0 Å². The summed E-state index contributed by atoms with van der Waals surface area (Å²) in [6.07, 6.45) is 4.29. The third-order valence-corrected chi connectivity index (χ3v) is 5.77. The molecule has 0 atom stereocenters. The Morgan fingerprint density at radius 3 is 2.19 bits per heavy atom. The Kier molecular flexibility index (Phi) is 5.26. The molecule has 0 saturated heterocycles. The third kappa shape index (κ3) is 4.54. The lowest BCUT2D eigenvalue weighted by Gasteiger charge is -2.15. The van der Waals surface area contributed by atoms with Crippen LogP contribution in [-0.4, -0.2) is 41.9 Å². The number of benzene rings is 1. The molecule has 0 amide bonds. The Bertz CT molecular complexity index is 1060. The summed E-state index contributed by atoms with van der Waals surface area (Å²) in [4.78, 5) is 45.3. The van der Waals surface area contributed by atoms with E-state index in [1.165, 1.54) is 0 Å². The van der Waals surface area contributed by atoms with E-state index in [0.29, 0.717) is 11.3 Å². The first-order valence-corrected chi connectivity index (χ1v) is 11.5. The molecule has 0 fully saturated rings. The maximum Gasteiger partial charge on any atom is 0.325 e. The fourth-order valence-corrected chi connectivity index (χ4v) is 4.01. The molecule has 8 nitrogen and oxygen atoms in total. The summed E-state index contributed by atoms with van der Waals surface area (Å²) in [7, 11) is -8.45. The number of aryl methyl sites for hydroxylation is 2. The van der Waals surface area contributed by atoms with Crippen LogP contribution in [0.2, 0.25) is 0 Å². The molecule has 1 aromatic carbocycles. The molecule has 3 rings (SSSR count). The number of rotatable bonds is 6. The fraction of sp³-hybridized carbons (Fsp3) is 0.250. The summed E-state index contributed by atoms with van der Waals surface area (Å²) in [5.74, 6) is 0. The van der Waals surface area contributed by atoms with Crippen molar-refractivity contribution in [2.24, 2.45) is 0 Å². The minimum atomic E-state index is -4.23. The number of hydrogen-bond donors (Lipinski definition) is 4. The number of pyridine rings is 2. The van der Waals surface area contributed by atoms with E-state index in [4.69, 9.17) is 9.79 Å². The summed E-state index contributed by atoms with van der Waals surface area (Å²) in [5, 5.41) is 3.31. The van der Waals surface area contributed by atoms with Gasteiger partial charge in [-0.2, -0.15) is 0 Å². The van der Waals surface area contributed by atoms with E-state index in [-0.39, 0.29) is 25.2 Å². The molecule has 3 aromatic rings. The number of aromatic nitrogens is 2. The topological polar surface area (TPSA) is 141 Å². The van der Waals surface area contributed by atoms with Crippen molar-refractivity contribution in [1.82, 2.24) is 9.97 Å². The van der Waals surface area contributed by atoms with Crippen LogP contribution in [0, 0.1) is 0 Å². The van der Waals surface area contributed by atoms with Crippen LogP contribution in [0.3, 0.4) is 0 Å². The zero-order valence-electron chi connectivity index (χ0n) is 13.7. The second-order valence-electron chi connectivity index (χ2n) is 6.09. The molecule has 0 spiro atoms. The molecule has 4 N–H and O–H groups in total. The lowest BCUT2D eigenvalue weighted by Crippen LogP contribution is -2.06. The predicted molar refractivity (Wildman–Crippen MR) is 98.3 cm³/mol. The van der Waals surface area contributed by atoms with Gasteiger partial charge in [-0.05, 0) is 28.8 Å². The van der Waals surface area contributed by atoms with Gasteiger partial charge >= 0.3 is 15.2 Å². The SMILES string of the molecule is O=P(O)(O)CCc1ncc2ccc3cnccc3c2c1CCP(=O)(O)O. The summed E-state index contributed by atoms with van der Waals surface area (Å²) >= 11 is 0. The highest BCUT2D eigenvalue weighted by Crippen LogP contribution is 2.39. The summed E-state index contributed by atoms with van der Waals surface area (Å²) < 4.78 is 22.6. The maximum absolute atomic E-state index is 11.4. The van der Waals surface area contributed by atoms with Crippen molar-refractivity contribution in [3.63, 3.8) is 0 Å². The van der Waals surface area contributed by atoms with Crippen LogP contribution < -0.4 is 0 Å². The second kappa shape index (κ2) is 7.16. The lowest BCUT2D eigenvalue weighted by atomic mass is 9.96. The normalized spacial score (nSPS) is 12.8. The van der Waals surface area contributed by atoms with E-state index >= 15 is 0 Å². The highest BCUT2D eigenvalue weighted by molar-refractivity contribution is 7.52. The minimum absolute atomic E-state index is 0.0260. The zero-order valence-corrected chi connectivity index (χ0v) is 15.5. The molecule has 138 valence electrons. The van der Waals surface area contributed by atoms with Gasteiger partial charge in [0, 0.05) is 41.5 Å². The van der Waals surface area contributed by atoms with Crippen LogP contribution in [0.4, 0.5) is 0 Å². The van der Waals surface area contributed by atoms with Crippen LogP contribution in [0.15, 0.2) is 36.8 Å². The molecule has 2 aromatic heterocycles. The van der Waals surface area contributed by atoms with Crippen LogP contribution in [-0.2, 0) is 22.0 Å². The number of hydrogen-bond acceptors (Lipinski definition) is 4. The Balaban J connectivity index is 2.20. The first-order valence-electron chi connectivity index (χ1n) is 7.86. The molecule has 0 aliphatic heterocycles. The van der Waals surface area contributed by atoms with Crippen molar-refractivity contribution in [2.75, 3.05) is 12.3 Å². The van der Waals surface area contributed by atoms with Crippen LogP contribution in [0.5, 0.6) is 0 Å². The molecule has 2 heterocycles. The Hall–Kier alpha value is -1.66. The molecular formula is C16H18N2O6P2. The van der Waals surface area contributed by atoms with Crippen LogP contribution in [0.25, 0.3) is 21.5 Å². The fourth-order valence-electron chi connectivity index (χ4n) is 2.99. The van der Waals surface area contributed by atoms with Gasteiger partial charge in [0.25, 0.3) is 0 Å². The Labute approximate surface area is 149 Å². The molecule has 0 unspecified atom stereocenters. The molecule has 0 bridgehead atoms. The highest BCUT2D eigenvalue weighted by Gasteiger charge is 2.20. The van der Waals surface area contributed by atoms with Crippen LogP contribution >= 0.6 is 15.2 Å². The van der Waals surface area contributed by atoms with Crippen molar-refractivity contribution in [3.8, 4) is 0 Å². The average Bonchev–Trinajstić information content (AvgIpc) is 2.56. The van der Waals surface area contributed by atoms with Gasteiger partial charge in [0.05, 0.1) is 12.3 Å². The van der Waals surface area contributed by atoms with Gasteiger partial charge in [-0.1, -0.05) is 12.1 Å². The highest BCUT2D eigenvalue weighted by atomic mass is 31.2. The summed E-state index contributed by atoms with van der Waals surface area (Å²) in [6.45, 7) is 0. The first-order chi connectivity index (χ1) is 12.1. The van der Waals surface area contributed by atoms with Crippen molar-refractivity contribution in [2.45, 2.75) is 12.8 Å².